The van der Waals surface area contributed by atoms with Crippen LogP contribution in [0.15, 0.2) is 23.0 Å². The van der Waals surface area contributed by atoms with Gasteiger partial charge in [-0.1, -0.05) is 19.3 Å². The van der Waals surface area contributed by atoms with Gasteiger partial charge in [-0.25, -0.2) is 4.79 Å². The van der Waals surface area contributed by atoms with E-state index in [4.69, 9.17) is 9.47 Å². The maximum absolute atomic E-state index is 12.7. The number of carbonyl (C=O) groups excluding carboxylic acids is 1. The van der Waals surface area contributed by atoms with Crippen molar-refractivity contribution in [1.29, 1.82) is 0 Å². The van der Waals surface area contributed by atoms with Gasteiger partial charge in [0.15, 0.2) is 11.5 Å². The highest BCUT2D eigenvalue weighted by Crippen LogP contribution is 2.31. The molecule has 1 aromatic carbocycles. The van der Waals surface area contributed by atoms with E-state index in [-0.39, 0.29) is 37.3 Å². The van der Waals surface area contributed by atoms with Gasteiger partial charge in [-0.3, -0.25) is 4.79 Å². The van der Waals surface area contributed by atoms with E-state index in [1.165, 1.54) is 18.4 Å². The van der Waals surface area contributed by atoms with Gasteiger partial charge < -0.3 is 29.8 Å². The lowest BCUT2D eigenvalue weighted by Gasteiger charge is -2.28. The summed E-state index contributed by atoms with van der Waals surface area (Å²) in [6, 6.07) is 5.14. The topological polar surface area (TPSA) is 104 Å². The second-order valence-electron chi connectivity index (χ2n) is 7.35. The maximum Gasteiger partial charge on any atom is 0.317 e. The number of aliphatic hydroxyl groups is 1. The predicted molar refractivity (Wildman–Crippen MR) is 111 cm³/mol. The van der Waals surface area contributed by atoms with Crippen molar-refractivity contribution >= 4 is 16.9 Å². The van der Waals surface area contributed by atoms with Crippen LogP contribution in [-0.4, -0.2) is 54.4 Å². The molecule has 3 rings (SSSR count). The zero-order chi connectivity index (χ0) is 20.8. The second-order valence-corrected chi connectivity index (χ2v) is 7.35. The number of nitrogens with one attached hydrogen (secondary N) is 2. The van der Waals surface area contributed by atoms with Gasteiger partial charge in [0.25, 0.3) is 5.56 Å². The van der Waals surface area contributed by atoms with Crippen LogP contribution in [0.25, 0.3) is 10.9 Å². The lowest BCUT2D eigenvalue weighted by atomic mass is 9.96. The van der Waals surface area contributed by atoms with Gasteiger partial charge in [-0.15, -0.1) is 0 Å². The average Bonchev–Trinajstić information content (AvgIpc) is 2.73. The van der Waals surface area contributed by atoms with Crippen LogP contribution in [0.2, 0.25) is 0 Å². The zero-order valence-corrected chi connectivity index (χ0v) is 17.0. The fraction of sp³-hybridized carbons (Fsp3) is 0.524. The Morgan fingerprint density at radius 1 is 1.17 bits per heavy atom. The van der Waals surface area contributed by atoms with Crippen LogP contribution < -0.4 is 20.3 Å². The van der Waals surface area contributed by atoms with Crippen LogP contribution in [-0.2, 0) is 6.54 Å². The summed E-state index contributed by atoms with van der Waals surface area (Å²) in [7, 11) is 3.09. The number of fused-ring (bicyclic) bond motifs is 1. The van der Waals surface area contributed by atoms with E-state index in [0.29, 0.717) is 22.6 Å². The average molecular weight is 403 g/mol. The van der Waals surface area contributed by atoms with Crippen molar-refractivity contribution in [2.45, 2.75) is 44.7 Å². The summed E-state index contributed by atoms with van der Waals surface area (Å²) in [6.45, 7) is 0.0925. The molecule has 8 nitrogen and oxygen atoms in total. The first-order valence-electron chi connectivity index (χ1n) is 10.00. The minimum atomic E-state index is -0.280. The number of ether oxygens (including phenoxy) is 2. The van der Waals surface area contributed by atoms with Gasteiger partial charge in [0.05, 0.1) is 32.9 Å². The number of amides is 2. The number of rotatable bonds is 7. The molecule has 1 heterocycles. The highest BCUT2D eigenvalue weighted by Gasteiger charge is 2.21. The molecule has 158 valence electrons. The molecule has 0 spiro atoms. The van der Waals surface area contributed by atoms with Gasteiger partial charge in [-0.05, 0) is 25.0 Å². The highest BCUT2D eigenvalue weighted by atomic mass is 16.5. The summed E-state index contributed by atoms with van der Waals surface area (Å²) in [5, 5.41) is 13.2. The molecule has 8 heteroatoms. The zero-order valence-electron chi connectivity index (χ0n) is 17.0. The lowest BCUT2D eigenvalue weighted by Crippen LogP contribution is -2.46. The van der Waals surface area contributed by atoms with Crippen molar-refractivity contribution in [2.24, 2.45) is 0 Å². The number of hydrogen-bond acceptors (Lipinski definition) is 5. The fourth-order valence-corrected chi connectivity index (χ4v) is 3.79. The Morgan fingerprint density at radius 3 is 2.52 bits per heavy atom. The molecule has 0 radical (unpaired) electrons. The standard InChI is InChI=1S/C21H29N3O5/c1-28-18-11-14-10-15(20(26)23-17(14)12-19(18)29-2)13-24(8-9-25)21(27)22-16-6-4-3-5-7-16/h10-12,16,25H,3-9,13H2,1-2H3,(H,22,27)(H,23,26). The Hall–Kier alpha value is -2.74. The molecular weight excluding hydrogens is 374 g/mol. The van der Waals surface area contributed by atoms with Crippen molar-refractivity contribution in [2.75, 3.05) is 27.4 Å². The molecule has 0 saturated heterocycles. The van der Waals surface area contributed by atoms with Crippen LogP contribution in [0.4, 0.5) is 4.79 Å². The van der Waals surface area contributed by atoms with E-state index in [2.05, 4.69) is 10.3 Å². The Kier molecular flexibility index (Phi) is 6.98. The molecule has 2 amide bonds. The molecule has 3 N–H and O–H groups in total. The number of carbonyl (C=O) groups is 1. The summed E-state index contributed by atoms with van der Waals surface area (Å²) < 4.78 is 10.6. The third-order valence-electron chi connectivity index (χ3n) is 5.38. The van der Waals surface area contributed by atoms with E-state index < -0.39 is 0 Å². The summed E-state index contributed by atoms with van der Waals surface area (Å²) in [5.41, 5.74) is 0.784. The number of benzene rings is 1. The molecule has 1 aliphatic carbocycles. The number of urea groups is 1. The van der Waals surface area contributed by atoms with Crippen LogP contribution in [0, 0.1) is 0 Å². The first-order chi connectivity index (χ1) is 14.0. The highest BCUT2D eigenvalue weighted by molar-refractivity contribution is 5.83. The van der Waals surface area contributed by atoms with E-state index in [0.717, 1.165) is 31.1 Å². The molecular formula is C21H29N3O5. The molecule has 1 aromatic heterocycles. The number of methoxy groups -OCH3 is 2. The van der Waals surface area contributed by atoms with Crippen LogP contribution in [0.3, 0.4) is 0 Å². The molecule has 29 heavy (non-hydrogen) atoms. The first-order valence-corrected chi connectivity index (χ1v) is 10.00. The van der Waals surface area contributed by atoms with Crippen molar-refractivity contribution in [3.8, 4) is 11.5 Å². The van der Waals surface area contributed by atoms with Crippen molar-refractivity contribution in [1.82, 2.24) is 15.2 Å². The lowest BCUT2D eigenvalue weighted by molar-refractivity contribution is 0.168. The summed E-state index contributed by atoms with van der Waals surface area (Å²) in [4.78, 5) is 29.6. The quantitative estimate of drug-likeness (QED) is 0.659. The number of hydrogen-bond donors (Lipinski definition) is 3. The van der Waals surface area contributed by atoms with E-state index in [1.54, 1.807) is 25.3 Å². The SMILES string of the molecule is COc1cc2cc(CN(CCO)C(=O)NC3CCCCC3)c(=O)[nH]c2cc1OC. The van der Waals surface area contributed by atoms with E-state index in [1.807, 2.05) is 0 Å². The Bertz CT molecular complexity index is 905. The number of aromatic amines is 1. The molecule has 0 bridgehead atoms. The second kappa shape index (κ2) is 9.65. The largest absolute Gasteiger partial charge is 0.493 e. The van der Waals surface area contributed by atoms with Crippen LogP contribution in [0.1, 0.15) is 37.7 Å². The van der Waals surface area contributed by atoms with Crippen LogP contribution >= 0.6 is 0 Å². The molecule has 1 aliphatic rings. The van der Waals surface area contributed by atoms with Gasteiger partial charge in [0.1, 0.15) is 0 Å². The molecule has 0 atom stereocenters. The first kappa shape index (κ1) is 21.0. The van der Waals surface area contributed by atoms with Crippen LogP contribution in [0.5, 0.6) is 11.5 Å². The third kappa shape index (κ3) is 5.00. The summed E-state index contributed by atoms with van der Waals surface area (Å²) >= 11 is 0. The summed E-state index contributed by atoms with van der Waals surface area (Å²) in [6.07, 6.45) is 5.36. The Labute approximate surface area is 169 Å². The maximum atomic E-state index is 12.7. The predicted octanol–water partition coefficient (Wildman–Crippen LogP) is 2.38. The third-order valence-corrected chi connectivity index (χ3v) is 5.38. The Morgan fingerprint density at radius 2 is 1.86 bits per heavy atom. The van der Waals surface area contributed by atoms with Gasteiger partial charge in [-0.2, -0.15) is 0 Å². The van der Waals surface area contributed by atoms with Crippen molar-refractivity contribution < 1.29 is 19.4 Å². The minimum absolute atomic E-state index is 0.110. The van der Waals surface area contributed by atoms with Gasteiger partial charge >= 0.3 is 6.03 Å². The molecule has 0 aliphatic heterocycles. The minimum Gasteiger partial charge on any atom is -0.493 e. The van der Waals surface area contributed by atoms with Crippen molar-refractivity contribution in [3.05, 3.63) is 34.1 Å². The number of pyridine rings is 1. The summed E-state index contributed by atoms with van der Waals surface area (Å²) in [5.74, 6) is 1.08. The number of nitrogens with zero attached hydrogens (tertiary/aromatic N) is 1. The molecule has 1 fully saturated rings. The van der Waals surface area contributed by atoms with Gasteiger partial charge in [0.2, 0.25) is 0 Å². The van der Waals surface area contributed by atoms with Gasteiger partial charge in [0, 0.05) is 29.6 Å². The molecule has 1 saturated carbocycles. The van der Waals surface area contributed by atoms with E-state index in [9.17, 15) is 14.7 Å². The molecule has 0 unspecified atom stereocenters. The number of H-pyrrole nitrogens is 1. The smallest absolute Gasteiger partial charge is 0.317 e. The molecule has 2 aromatic rings. The van der Waals surface area contributed by atoms with E-state index >= 15 is 0 Å². The normalized spacial score (nSPS) is 14.6. The Balaban J connectivity index is 1.83. The monoisotopic (exact) mass is 403 g/mol. The fourth-order valence-electron chi connectivity index (χ4n) is 3.79. The van der Waals surface area contributed by atoms with Crippen molar-refractivity contribution in [3.63, 3.8) is 0 Å². The number of aromatic nitrogens is 1. The number of aliphatic hydroxyl groups excluding tert-OH is 1.